The van der Waals surface area contributed by atoms with E-state index in [4.69, 9.17) is 0 Å². The van der Waals surface area contributed by atoms with E-state index in [0.717, 1.165) is 37.9 Å². The maximum atomic E-state index is 11.8. The lowest BCUT2D eigenvalue weighted by Gasteiger charge is -2.33. The minimum Gasteiger partial charge on any atom is -0.357 e. The highest BCUT2D eigenvalue weighted by molar-refractivity contribution is 14.0. The molecule has 0 aromatic carbocycles. The van der Waals surface area contributed by atoms with Crippen LogP contribution in [0.5, 0.6) is 0 Å². The number of carbonyl (C=O) groups is 1. The van der Waals surface area contributed by atoms with Crippen LogP contribution in [0.15, 0.2) is 4.99 Å². The molecule has 1 amide bonds. The lowest BCUT2D eigenvalue weighted by Crippen LogP contribution is -2.45. The topological polar surface area (TPSA) is 56.7 Å². The van der Waals surface area contributed by atoms with Gasteiger partial charge < -0.3 is 15.5 Å². The summed E-state index contributed by atoms with van der Waals surface area (Å²) in [5.74, 6) is 1.86. The van der Waals surface area contributed by atoms with Crippen LogP contribution in [0, 0.1) is 5.92 Å². The van der Waals surface area contributed by atoms with Crippen LogP contribution in [-0.2, 0) is 4.79 Å². The van der Waals surface area contributed by atoms with Crippen molar-refractivity contribution in [3.63, 3.8) is 0 Å². The fourth-order valence-corrected chi connectivity index (χ4v) is 2.36. The first-order valence-corrected chi connectivity index (χ1v) is 8.39. The summed E-state index contributed by atoms with van der Waals surface area (Å²) in [7, 11) is 0. The highest BCUT2D eigenvalue weighted by Crippen LogP contribution is 2.15. The minimum absolute atomic E-state index is 0. The fourth-order valence-electron chi connectivity index (χ4n) is 2.36. The molecule has 130 valence electrons. The number of aliphatic imine (C=N–C) groups is 1. The lowest BCUT2D eigenvalue weighted by molar-refractivity contribution is -0.121. The van der Waals surface area contributed by atoms with Crippen molar-refractivity contribution in [3.8, 4) is 0 Å². The molecule has 1 rings (SSSR count). The van der Waals surface area contributed by atoms with Gasteiger partial charge in [-0.2, -0.15) is 0 Å². The summed E-state index contributed by atoms with van der Waals surface area (Å²) in [6.07, 6.45) is 3.87. The van der Waals surface area contributed by atoms with Crippen molar-refractivity contribution >= 4 is 35.8 Å². The van der Waals surface area contributed by atoms with E-state index in [1.807, 2.05) is 6.92 Å². The largest absolute Gasteiger partial charge is 0.357 e. The predicted octanol–water partition coefficient (Wildman–Crippen LogP) is 2.61. The molecule has 1 heterocycles. The van der Waals surface area contributed by atoms with E-state index in [9.17, 15) is 4.79 Å². The molecule has 1 fully saturated rings. The van der Waals surface area contributed by atoms with Gasteiger partial charge in [-0.05, 0) is 39.0 Å². The number of nitrogens with zero attached hydrogens (tertiary/aromatic N) is 2. The van der Waals surface area contributed by atoms with Gasteiger partial charge in [0, 0.05) is 32.1 Å². The quantitative estimate of drug-likeness (QED) is 0.392. The molecule has 22 heavy (non-hydrogen) atoms. The van der Waals surface area contributed by atoms with Gasteiger partial charge in [0.15, 0.2) is 5.96 Å². The number of carbonyl (C=O) groups excluding carboxylic acids is 1. The van der Waals surface area contributed by atoms with Gasteiger partial charge in [-0.25, -0.2) is 0 Å². The van der Waals surface area contributed by atoms with Crippen molar-refractivity contribution in [1.82, 2.24) is 15.5 Å². The van der Waals surface area contributed by atoms with Crippen LogP contribution in [0.3, 0.4) is 0 Å². The van der Waals surface area contributed by atoms with Crippen LogP contribution in [0.4, 0.5) is 0 Å². The van der Waals surface area contributed by atoms with Crippen molar-refractivity contribution in [3.05, 3.63) is 0 Å². The van der Waals surface area contributed by atoms with E-state index >= 15 is 0 Å². The molecule has 1 unspecified atom stereocenters. The number of nitrogens with one attached hydrogen (secondary N) is 2. The first-order valence-electron chi connectivity index (χ1n) is 8.39. The average Bonchev–Trinajstić information content (AvgIpc) is 2.47. The summed E-state index contributed by atoms with van der Waals surface area (Å²) in [5.41, 5.74) is 0. The van der Waals surface area contributed by atoms with Crippen LogP contribution < -0.4 is 10.6 Å². The third-order valence-electron chi connectivity index (χ3n) is 4.04. The van der Waals surface area contributed by atoms with E-state index in [0.29, 0.717) is 13.0 Å². The van der Waals surface area contributed by atoms with Crippen molar-refractivity contribution in [2.45, 2.75) is 59.4 Å². The molecule has 0 aromatic heterocycles. The SMILES string of the molecule is CCNC(=NCCC(=O)NC(C)CC)N1CCC(C)CC1.I. The Labute approximate surface area is 152 Å². The normalized spacial score (nSPS) is 17.6. The molecule has 1 aliphatic rings. The third-order valence-corrected chi connectivity index (χ3v) is 4.04. The molecule has 0 spiro atoms. The molecule has 0 aromatic rings. The summed E-state index contributed by atoms with van der Waals surface area (Å²) in [6, 6.07) is 0.248. The van der Waals surface area contributed by atoms with Crippen molar-refractivity contribution in [2.24, 2.45) is 10.9 Å². The second kappa shape index (κ2) is 12.0. The molecule has 0 radical (unpaired) electrons. The maximum Gasteiger partial charge on any atom is 0.222 e. The third kappa shape index (κ3) is 8.19. The summed E-state index contributed by atoms with van der Waals surface area (Å²) < 4.78 is 0. The number of rotatable bonds is 6. The van der Waals surface area contributed by atoms with Gasteiger partial charge >= 0.3 is 0 Å². The Kier molecular flexibility index (Phi) is 11.7. The molecular weight excluding hydrogens is 391 g/mol. The van der Waals surface area contributed by atoms with Gasteiger partial charge in [-0.15, -0.1) is 24.0 Å². The van der Waals surface area contributed by atoms with Crippen LogP contribution in [0.25, 0.3) is 0 Å². The standard InChI is InChI=1S/C16H32N4O.HI/c1-5-14(4)19-15(21)7-10-18-16(17-6-2)20-11-8-13(3)9-12-20;/h13-14H,5-12H2,1-4H3,(H,17,18)(H,19,21);1H. The van der Waals surface area contributed by atoms with Crippen LogP contribution in [-0.4, -0.2) is 49.0 Å². The minimum atomic E-state index is 0. The first-order chi connectivity index (χ1) is 10.1. The summed E-state index contributed by atoms with van der Waals surface area (Å²) in [6.45, 7) is 12.0. The zero-order valence-corrected chi connectivity index (χ0v) is 16.9. The van der Waals surface area contributed by atoms with Gasteiger partial charge in [0.2, 0.25) is 5.91 Å². The van der Waals surface area contributed by atoms with Gasteiger partial charge in [0.1, 0.15) is 0 Å². The Morgan fingerprint density at radius 3 is 2.50 bits per heavy atom. The highest BCUT2D eigenvalue weighted by Gasteiger charge is 2.18. The van der Waals surface area contributed by atoms with Crippen molar-refractivity contribution in [2.75, 3.05) is 26.2 Å². The summed E-state index contributed by atoms with van der Waals surface area (Å²) >= 11 is 0. The fraction of sp³-hybridized carbons (Fsp3) is 0.875. The zero-order valence-electron chi connectivity index (χ0n) is 14.5. The molecule has 0 saturated carbocycles. The maximum absolute atomic E-state index is 11.8. The van der Waals surface area contributed by atoms with Gasteiger partial charge in [-0.1, -0.05) is 13.8 Å². The number of hydrogen-bond acceptors (Lipinski definition) is 2. The number of hydrogen-bond donors (Lipinski definition) is 2. The molecule has 1 saturated heterocycles. The molecule has 0 bridgehead atoms. The average molecular weight is 424 g/mol. The van der Waals surface area contributed by atoms with Gasteiger partial charge in [0.25, 0.3) is 0 Å². The lowest BCUT2D eigenvalue weighted by atomic mass is 10.00. The molecule has 5 nitrogen and oxygen atoms in total. The zero-order chi connectivity index (χ0) is 15.7. The number of piperidine rings is 1. The first kappa shape index (κ1) is 21.5. The summed E-state index contributed by atoms with van der Waals surface area (Å²) in [4.78, 5) is 18.7. The number of amides is 1. The van der Waals surface area contributed by atoms with E-state index in [1.165, 1.54) is 12.8 Å². The molecule has 1 aliphatic heterocycles. The molecule has 2 N–H and O–H groups in total. The monoisotopic (exact) mass is 424 g/mol. The highest BCUT2D eigenvalue weighted by atomic mass is 127. The Hall–Kier alpha value is -0.530. The number of guanidine groups is 1. The van der Waals surface area contributed by atoms with Crippen LogP contribution in [0.1, 0.15) is 53.4 Å². The number of likely N-dealkylation sites (tertiary alicyclic amines) is 1. The number of halogens is 1. The van der Waals surface area contributed by atoms with Crippen molar-refractivity contribution in [1.29, 1.82) is 0 Å². The van der Waals surface area contributed by atoms with E-state index in [1.54, 1.807) is 0 Å². The molecular formula is C16H33IN4O. The van der Waals surface area contributed by atoms with Crippen LogP contribution in [0.2, 0.25) is 0 Å². The van der Waals surface area contributed by atoms with Gasteiger partial charge in [-0.3, -0.25) is 9.79 Å². The molecule has 0 aliphatic carbocycles. The molecule has 6 heteroatoms. The Balaban J connectivity index is 0.00000441. The Morgan fingerprint density at radius 2 is 1.95 bits per heavy atom. The van der Waals surface area contributed by atoms with Gasteiger partial charge in [0.05, 0.1) is 6.54 Å². The Morgan fingerprint density at radius 1 is 1.32 bits per heavy atom. The van der Waals surface area contributed by atoms with Crippen LogP contribution >= 0.6 is 24.0 Å². The Bertz CT molecular complexity index is 341. The van der Waals surface area contributed by atoms with E-state index in [-0.39, 0.29) is 35.9 Å². The second-order valence-electron chi connectivity index (χ2n) is 6.03. The van der Waals surface area contributed by atoms with Crippen molar-refractivity contribution < 1.29 is 4.79 Å². The molecule has 1 atom stereocenters. The predicted molar refractivity (Wildman–Crippen MR) is 104 cm³/mol. The van der Waals surface area contributed by atoms with E-state index in [2.05, 4.69) is 41.3 Å². The second-order valence-corrected chi connectivity index (χ2v) is 6.03. The van der Waals surface area contributed by atoms with E-state index < -0.39 is 0 Å². The summed E-state index contributed by atoms with van der Waals surface area (Å²) in [5, 5.41) is 6.32. The smallest absolute Gasteiger partial charge is 0.222 e.